The molecular weight excluding hydrogens is 296 g/mol. The molecule has 2 aromatic heterocycles. The predicted molar refractivity (Wildman–Crippen MR) is 83.0 cm³/mol. The highest BCUT2D eigenvalue weighted by Gasteiger charge is 2.31. The van der Waals surface area contributed by atoms with Crippen molar-refractivity contribution in [1.29, 1.82) is 5.41 Å². The minimum Gasteiger partial charge on any atom is -0.428 e. The van der Waals surface area contributed by atoms with Crippen LogP contribution in [0.5, 0.6) is 0 Å². The largest absolute Gasteiger partial charge is 0.428 e. The average molecular weight is 312 g/mol. The first kappa shape index (κ1) is 13.6. The fraction of sp³-hybridized carbons (Fsp3) is 0.267. The van der Waals surface area contributed by atoms with Gasteiger partial charge in [0.1, 0.15) is 6.04 Å². The monoisotopic (exact) mass is 312 g/mol. The molecule has 0 radical (unpaired) electrons. The molecule has 1 saturated heterocycles. The van der Waals surface area contributed by atoms with Gasteiger partial charge in [-0.05, 0) is 25.0 Å². The number of nitrogens with zero attached hydrogens (tertiary/aromatic N) is 4. The average Bonchev–Trinajstić information content (AvgIpc) is 3.25. The lowest BCUT2D eigenvalue weighted by atomic mass is 10.1. The fourth-order valence-electron chi connectivity index (χ4n) is 3.05. The van der Waals surface area contributed by atoms with Crippen molar-refractivity contribution in [2.45, 2.75) is 18.9 Å². The first-order valence-corrected chi connectivity index (χ1v) is 7.38. The molecule has 8 heteroatoms. The third kappa shape index (κ3) is 2.19. The van der Waals surface area contributed by atoms with Gasteiger partial charge in [-0.15, -0.1) is 0 Å². The van der Waals surface area contributed by atoms with Crippen molar-refractivity contribution in [1.82, 2.24) is 19.8 Å². The van der Waals surface area contributed by atoms with E-state index in [1.54, 1.807) is 17.2 Å². The molecule has 3 heterocycles. The summed E-state index contributed by atoms with van der Waals surface area (Å²) in [6, 6.07) is 7.27. The Labute approximate surface area is 131 Å². The van der Waals surface area contributed by atoms with Gasteiger partial charge in [0.05, 0.1) is 5.52 Å². The lowest BCUT2D eigenvalue weighted by Gasteiger charge is -2.21. The molecule has 1 fully saturated rings. The van der Waals surface area contributed by atoms with Crippen molar-refractivity contribution in [3.8, 4) is 11.4 Å². The predicted octanol–water partition coefficient (Wildman–Crippen LogP) is 1.96. The molecule has 0 unspecified atom stereocenters. The molecule has 1 aliphatic heterocycles. The van der Waals surface area contributed by atoms with Crippen molar-refractivity contribution in [2.75, 3.05) is 6.54 Å². The highest BCUT2D eigenvalue weighted by molar-refractivity contribution is 5.84. The molecule has 0 spiro atoms. The van der Waals surface area contributed by atoms with Crippen LogP contribution in [0.2, 0.25) is 0 Å². The quantitative estimate of drug-likeness (QED) is 0.378. The summed E-state index contributed by atoms with van der Waals surface area (Å²) in [5, 5.41) is 22.3. The van der Waals surface area contributed by atoms with Crippen LogP contribution in [0, 0.1) is 5.41 Å². The molecule has 0 amide bonds. The van der Waals surface area contributed by atoms with Gasteiger partial charge >= 0.3 is 0 Å². The molecule has 0 bridgehead atoms. The molecule has 3 aromatic rings. The number of nitrogens with one attached hydrogen (secondary N) is 1. The summed E-state index contributed by atoms with van der Waals surface area (Å²) >= 11 is 0. The Bertz CT molecular complexity index is 883. The van der Waals surface area contributed by atoms with Crippen LogP contribution in [0.25, 0.3) is 22.3 Å². The Morgan fingerprint density at radius 3 is 3.09 bits per heavy atom. The summed E-state index contributed by atoms with van der Waals surface area (Å²) in [6.07, 6.45) is 3.35. The number of fused-ring (bicyclic) bond motifs is 1. The van der Waals surface area contributed by atoms with E-state index in [2.05, 4.69) is 10.1 Å². The van der Waals surface area contributed by atoms with Gasteiger partial charge < -0.3 is 20.4 Å². The van der Waals surface area contributed by atoms with E-state index in [-0.39, 0.29) is 12.0 Å². The van der Waals surface area contributed by atoms with E-state index in [0.717, 1.165) is 35.1 Å². The number of rotatable bonds is 2. The van der Waals surface area contributed by atoms with Crippen LogP contribution in [-0.4, -0.2) is 37.5 Å². The molecule has 0 saturated carbocycles. The lowest BCUT2D eigenvalue weighted by Crippen LogP contribution is -2.35. The zero-order valence-corrected chi connectivity index (χ0v) is 12.3. The van der Waals surface area contributed by atoms with Gasteiger partial charge in [-0.2, -0.15) is 9.71 Å². The summed E-state index contributed by atoms with van der Waals surface area (Å²) in [5.74, 6) is 0.942. The molecule has 0 aliphatic carbocycles. The van der Waals surface area contributed by atoms with E-state index in [4.69, 9.17) is 15.7 Å². The van der Waals surface area contributed by atoms with E-state index in [0.29, 0.717) is 17.2 Å². The number of hydrogen-bond donors (Lipinski definition) is 3. The number of guanidine groups is 1. The van der Waals surface area contributed by atoms with Gasteiger partial charge in [0.2, 0.25) is 11.7 Å². The normalized spacial score (nSPS) is 17.9. The third-order valence-corrected chi connectivity index (χ3v) is 4.22. The van der Waals surface area contributed by atoms with E-state index < -0.39 is 0 Å². The Morgan fingerprint density at radius 2 is 2.26 bits per heavy atom. The molecule has 8 nitrogen and oxygen atoms in total. The zero-order valence-electron chi connectivity index (χ0n) is 12.3. The maximum absolute atomic E-state index is 9.76. The Morgan fingerprint density at radius 1 is 1.39 bits per heavy atom. The first-order chi connectivity index (χ1) is 11.1. The molecule has 4 rings (SSSR count). The first-order valence-electron chi connectivity index (χ1n) is 7.38. The maximum Gasteiger partial charge on any atom is 0.249 e. The van der Waals surface area contributed by atoms with Crippen molar-refractivity contribution in [2.24, 2.45) is 5.73 Å². The highest BCUT2D eigenvalue weighted by Crippen LogP contribution is 2.32. The van der Waals surface area contributed by atoms with Crippen LogP contribution < -0.4 is 5.73 Å². The van der Waals surface area contributed by atoms with Gasteiger partial charge in [-0.25, -0.2) is 0 Å². The maximum atomic E-state index is 9.76. The Balaban J connectivity index is 1.69. The summed E-state index contributed by atoms with van der Waals surface area (Å²) in [6.45, 7) is 0.724. The third-order valence-electron chi connectivity index (χ3n) is 4.22. The van der Waals surface area contributed by atoms with Crippen LogP contribution in [0.4, 0.5) is 0 Å². The van der Waals surface area contributed by atoms with Crippen molar-refractivity contribution in [3.63, 3.8) is 0 Å². The minimum atomic E-state index is -0.140. The lowest BCUT2D eigenvalue weighted by molar-refractivity contribution is 0.200. The highest BCUT2D eigenvalue weighted by atomic mass is 16.5. The minimum absolute atomic E-state index is 0.0202. The second kappa shape index (κ2) is 5.01. The zero-order chi connectivity index (χ0) is 16.0. The second-order valence-electron chi connectivity index (χ2n) is 5.63. The topological polar surface area (TPSA) is 117 Å². The Hall–Kier alpha value is -3.03. The van der Waals surface area contributed by atoms with Gasteiger partial charge in [-0.1, -0.05) is 17.3 Å². The van der Waals surface area contributed by atoms with Crippen LogP contribution in [0.1, 0.15) is 24.8 Å². The van der Waals surface area contributed by atoms with E-state index >= 15 is 0 Å². The Kier molecular flexibility index (Phi) is 2.97. The number of hydrogen-bond acceptors (Lipinski definition) is 5. The van der Waals surface area contributed by atoms with Crippen LogP contribution in [0.15, 0.2) is 35.0 Å². The fourth-order valence-corrected chi connectivity index (χ4v) is 3.05. The molecule has 1 aliphatic rings. The number of likely N-dealkylation sites (tertiary alicyclic amines) is 1. The van der Waals surface area contributed by atoms with Crippen molar-refractivity contribution < 1.29 is 9.73 Å². The van der Waals surface area contributed by atoms with Crippen LogP contribution in [0.3, 0.4) is 0 Å². The van der Waals surface area contributed by atoms with Crippen molar-refractivity contribution >= 4 is 16.9 Å². The van der Waals surface area contributed by atoms with Gasteiger partial charge in [0, 0.05) is 23.7 Å². The molecule has 4 N–H and O–H groups in total. The van der Waals surface area contributed by atoms with Crippen LogP contribution >= 0.6 is 0 Å². The van der Waals surface area contributed by atoms with Gasteiger partial charge in [0.25, 0.3) is 0 Å². The number of aromatic nitrogens is 3. The number of nitrogens with two attached hydrogens (primary N) is 1. The summed E-state index contributed by atoms with van der Waals surface area (Å²) < 4.78 is 6.45. The van der Waals surface area contributed by atoms with Gasteiger partial charge in [-0.3, -0.25) is 5.41 Å². The van der Waals surface area contributed by atoms with E-state index in [9.17, 15) is 5.21 Å². The second-order valence-corrected chi connectivity index (χ2v) is 5.63. The molecule has 1 aromatic carbocycles. The SMILES string of the molecule is N=C(N)N1CCC[C@H]1c1nc(-c2ccc3ccn(O)c3c2)no1. The summed E-state index contributed by atoms with van der Waals surface area (Å²) in [7, 11) is 0. The van der Waals surface area contributed by atoms with E-state index in [1.165, 1.54) is 0 Å². The molecular formula is C15H16N6O2. The summed E-state index contributed by atoms with van der Waals surface area (Å²) in [4.78, 5) is 6.22. The summed E-state index contributed by atoms with van der Waals surface area (Å²) in [5.41, 5.74) is 7.04. The molecule has 1 atom stereocenters. The number of benzene rings is 1. The van der Waals surface area contributed by atoms with Crippen LogP contribution in [-0.2, 0) is 0 Å². The van der Waals surface area contributed by atoms with Gasteiger partial charge in [0.15, 0.2) is 5.96 Å². The van der Waals surface area contributed by atoms with E-state index in [1.807, 2.05) is 18.2 Å². The smallest absolute Gasteiger partial charge is 0.249 e. The molecule has 118 valence electrons. The van der Waals surface area contributed by atoms with Crippen molar-refractivity contribution in [3.05, 3.63) is 36.4 Å². The standard InChI is InChI=1S/C15H16N6O2/c16-15(17)20-6-1-2-11(20)14-18-13(19-23-14)10-4-3-9-5-7-21(22)12(9)8-10/h3-5,7-8,11,22H,1-2,6H2,(H3,16,17)/t11-/m0/s1. The molecule has 23 heavy (non-hydrogen) atoms.